The molecular formula is C11H11F3O4S. The number of carbonyl (C=O) groups is 1. The molecule has 0 spiro atoms. The highest BCUT2D eigenvalue weighted by Gasteiger charge is 2.47. The standard InChI is InChI=1S/C11H11F3O4S/c1-8(15)10(9-5-3-2-4-6-9)7-18-19(16,17)11(12,13)14/h2-6,10H,7H2,1H3. The Kier molecular flexibility index (Phi) is 4.70. The fourth-order valence-electron chi connectivity index (χ4n) is 1.36. The largest absolute Gasteiger partial charge is 0.523 e. The first-order valence-electron chi connectivity index (χ1n) is 5.16. The first kappa shape index (κ1) is 15.6. The minimum absolute atomic E-state index is 0.396. The van der Waals surface area contributed by atoms with Gasteiger partial charge in [-0.25, -0.2) is 0 Å². The highest BCUT2D eigenvalue weighted by Crippen LogP contribution is 2.26. The average molecular weight is 296 g/mol. The van der Waals surface area contributed by atoms with Crippen molar-refractivity contribution in [2.45, 2.75) is 18.3 Å². The number of rotatable bonds is 5. The van der Waals surface area contributed by atoms with E-state index in [1.54, 1.807) is 18.2 Å². The van der Waals surface area contributed by atoms with Crippen molar-refractivity contribution in [3.05, 3.63) is 35.9 Å². The van der Waals surface area contributed by atoms with Gasteiger partial charge in [-0.2, -0.15) is 21.6 Å². The van der Waals surface area contributed by atoms with Crippen molar-refractivity contribution in [2.75, 3.05) is 6.61 Å². The number of hydrogen-bond acceptors (Lipinski definition) is 4. The Bertz CT molecular complexity index is 537. The van der Waals surface area contributed by atoms with E-state index in [0.29, 0.717) is 5.56 Å². The van der Waals surface area contributed by atoms with Crippen LogP contribution in [0.4, 0.5) is 13.2 Å². The van der Waals surface area contributed by atoms with E-state index in [1.165, 1.54) is 12.1 Å². The third-order valence-corrected chi connectivity index (χ3v) is 3.38. The minimum Gasteiger partial charge on any atom is -0.299 e. The van der Waals surface area contributed by atoms with E-state index in [0.717, 1.165) is 6.92 Å². The molecule has 4 nitrogen and oxygen atoms in total. The summed E-state index contributed by atoms with van der Waals surface area (Å²) in [4.78, 5) is 11.4. The normalized spacial score (nSPS) is 14.1. The minimum atomic E-state index is -5.69. The predicted octanol–water partition coefficient (Wildman–Crippen LogP) is 2.23. The van der Waals surface area contributed by atoms with Gasteiger partial charge in [-0.1, -0.05) is 30.3 Å². The van der Waals surface area contributed by atoms with Crippen molar-refractivity contribution in [3.8, 4) is 0 Å². The Labute approximate surface area is 108 Å². The molecule has 0 heterocycles. The van der Waals surface area contributed by atoms with Crippen LogP contribution in [-0.2, 0) is 19.1 Å². The van der Waals surface area contributed by atoms with Crippen molar-refractivity contribution in [3.63, 3.8) is 0 Å². The highest BCUT2D eigenvalue weighted by molar-refractivity contribution is 7.87. The van der Waals surface area contributed by atoms with Gasteiger partial charge in [0.25, 0.3) is 0 Å². The molecule has 0 fully saturated rings. The van der Waals surface area contributed by atoms with Crippen molar-refractivity contribution in [1.82, 2.24) is 0 Å². The Hall–Kier alpha value is -1.41. The van der Waals surface area contributed by atoms with Crippen molar-refractivity contribution in [2.24, 2.45) is 0 Å². The summed E-state index contributed by atoms with van der Waals surface area (Å²) in [5, 5.41) is 0. The van der Waals surface area contributed by atoms with Crippen LogP contribution in [0.3, 0.4) is 0 Å². The Morgan fingerprint density at radius 3 is 2.21 bits per heavy atom. The molecule has 0 saturated carbocycles. The van der Waals surface area contributed by atoms with Crippen molar-refractivity contribution < 1.29 is 30.6 Å². The lowest BCUT2D eigenvalue weighted by atomic mass is 9.97. The fourth-order valence-corrected chi connectivity index (χ4v) is 1.81. The molecule has 0 N–H and O–H groups in total. The quantitative estimate of drug-likeness (QED) is 0.617. The van der Waals surface area contributed by atoms with Gasteiger partial charge in [0.1, 0.15) is 5.78 Å². The molecule has 0 aliphatic heterocycles. The molecule has 1 unspecified atom stereocenters. The van der Waals surface area contributed by atoms with Crippen LogP contribution in [0.5, 0.6) is 0 Å². The molecule has 0 aliphatic carbocycles. The average Bonchev–Trinajstić information content (AvgIpc) is 2.28. The zero-order valence-electron chi connectivity index (χ0n) is 9.85. The number of hydrogen-bond donors (Lipinski definition) is 0. The van der Waals surface area contributed by atoms with Gasteiger partial charge in [0.15, 0.2) is 0 Å². The number of halogens is 3. The van der Waals surface area contributed by atoms with Crippen LogP contribution in [0.1, 0.15) is 18.4 Å². The van der Waals surface area contributed by atoms with E-state index in [9.17, 15) is 26.4 Å². The Morgan fingerprint density at radius 2 is 1.79 bits per heavy atom. The molecule has 8 heteroatoms. The van der Waals surface area contributed by atoms with Gasteiger partial charge in [-0.05, 0) is 12.5 Å². The summed E-state index contributed by atoms with van der Waals surface area (Å²) < 4.78 is 61.7. The van der Waals surface area contributed by atoms with Crippen LogP contribution in [0.2, 0.25) is 0 Å². The van der Waals surface area contributed by atoms with Crippen LogP contribution in [-0.4, -0.2) is 26.3 Å². The van der Waals surface area contributed by atoms with E-state index < -0.39 is 33.9 Å². The SMILES string of the molecule is CC(=O)C(COS(=O)(=O)C(F)(F)F)c1ccccc1. The lowest BCUT2D eigenvalue weighted by Crippen LogP contribution is -2.28. The van der Waals surface area contributed by atoms with E-state index in [-0.39, 0.29) is 0 Å². The monoisotopic (exact) mass is 296 g/mol. The second kappa shape index (κ2) is 5.70. The molecule has 1 aromatic rings. The summed E-state index contributed by atoms with van der Waals surface area (Å²) in [7, 11) is -5.69. The number of alkyl halides is 3. The molecule has 0 aliphatic rings. The van der Waals surface area contributed by atoms with Crippen LogP contribution in [0.25, 0.3) is 0 Å². The topological polar surface area (TPSA) is 60.4 Å². The summed E-state index contributed by atoms with van der Waals surface area (Å²) in [6, 6.07) is 7.85. The van der Waals surface area contributed by atoms with Crippen LogP contribution in [0, 0.1) is 0 Å². The molecule has 0 bridgehead atoms. The summed E-state index contributed by atoms with van der Waals surface area (Å²) in [5.41, 5.74) is -5.10. The van der Waals surface area contributed by atoms with Gasteiger partial charge in [0.2, 0.25) is 0 Å². The first-order chi connectivity index (χ1) is 8.65. The molecular weight excluding hydrogens is 285 g/mol. The maximum atomic E-state index is 12.1. The van der Waals surface area contributed by atoms with Crippen molar-refractivity contribution in [1.29, 1.82) is 0 Å². The van der Waals surface area contributed by atoms with Crippen LogP contribution in [0.15, 0.2) is 30.3 Å². The molecule has 0 amide bonds. The summed E-state index contributed by atoms with van der Waals surface area (Å²) in [6.07, 6.45) is 0. The molecule has 1 aromatic carbocycles. The molecule has 0 radical (unpaired) electrons. The molecule has 0 saturated heterocycles. The van der Waals surface area contributed by atoms with Gasteiger partial charge in [-0.15, -0.1) is 0 Å². The third-order valence-electron chi connectivity index (χ3n) is 2.37. The fraction of sp³-hybridized carbons (Fsp3) is 0.364. The predicted molar refractivity (Wildman–Crippen MR) is 60.8 cm³/mol. The first-order valence-corrected chi connectivity index (χ1v) is 6.57. The van der Waals surface area contributed by atoms with E-state index >= 15 is 0 Å². The van der Waals surface area contributed by atoms with E-state index in [1.807, 2.05) is 0 Å². The number of benzene rings is 1. The van der Waals surface area contributed by atoms with Crippen LogP contribution < -0.4 is 0 Å². The summed E-state index contributed by atoms with van der Waals surface area (Å²) in [5.74, 6) is -1.54. The van der Waals surface area contributed by atoms with Crippen molar-refractivity contribution >= 4 is 15.9 Å². The lowest BCUT2D eigenvalue weighted by Gasteiger charge is -2.15. The Balaban J connectivity index is 2.87. The second-order valence-electron chi connectivity index (χ2n) is 3.76. The number of ketones is 1. The number of carbonyl (C=O) groups excluding carboxylic acids is 1. The molecule has 0 aromatic heterocycles. The van der Waals surface area contributed by atoms with Gasteiger partial charge in [0, 0.05) is 0 Å². The molecule has 1 rings (SSSR count). The van der Waals surface area contributed by atoms with E-state index in [2.05, 4.69) is 4.18 Å². The smallest absolute Gasteiger partial charge is 0.299 e. The second-order valence-corrected chi connectivity index (χ2v) is 5.37. The molecule has 1 atom stereocenters. The number of Topliss-reactive ketones (excluding diaryl/α,β-unsaturated/α-hetero) is 1. The van der Waals surface area contributed by atoms with Crippen LogP contribution >= 0.6 is 0 Å². The lowest BCUT2D eigenvalue weighted by molar-refractivity contribution is -0.119. The van der Waals surface area contributed by atoms with E-state index in [4.69, 9.17) is 0 Å². The maximum Gasteiger partial charge on any atom is 0.523 e. The molecule has 106 valence electrons. The molecule has 19 heavy (non-hydrogen) atoms. The van der Waals surface area contributed by atoms with Gasteiger partial charge < -0.3 is 0 Å². The summed E-state index contributed by atoms with van der Waals surface area (Å²) >= 11 is 0. The third kappa shape index (κ3) is 4.03. The summed E-state index contributed by atoms with van der Waals surface area (Å²) in [6.45, 7) is 0.280. The van der Waals surface area contributed by atoms with Gasteiger partial charge in [0.05, 0.1) is 12.5 Å². The van der Waals surface area contributed by atoms with Gasteiger partial charge >= 0.3 is 15.6 Å². The zero-order chi connectivity index (χ0) is 14.7. The Morgan fingerprint density at radius 1 is 1.26 bits per heavy atom. The zero-order valence-corrected chi connectivity index (χ0v) is 10.7. The maximum absolute atomic E-state index is 12.1. The van der Waals surface area contributed by atoms with Gasteiger partial charge in [-0.3, -0.25) is 8.98 Å². The highest BCUT2D eigenvalue weighted by atomic mass is 32.2.